The lowest BCUT2D eigenvalue weighted by atomic mass is 10.1. The molecule has 92 valence electrons. The summed E-state index contributed by atoms with van der Waals surface area (Å²) in [7, 11) is -2.88. The molecule has 0 aliphatic carbocycles. The molecule has 1 aromatic rings. The van der Waals surface area contributed by atoms with Gasteiger partial charge in [-0.15, -0.1) is 5.10 Å². The molecular formula is C9H17N3O2S2. The van der Waals surface area contributed by atoms with E-state index in [0.717, 1.165) is 10.6 Å². The van der Waals surface area contributed by atoms with Crippen LogP contribution < -0.4 is 5.73 Å². The summed E-state index contributed by atoms with van der Waals surface area (Å²) >= 11 is 1.29. The zero-order valence-corrected chi connectivity index (χ0v) is 11.1. The lowest BCUT2D eigenvalue weighted by Crippen LogP contribution is -2.14. The van der Waals surface area contributed by atoms with Gasteiger partial charge >= 0.3 is 0 Å². The van der Waals surface area contributed by atoms with Gasteiger partial charge in [-0.25, -0.2) is 8.42 Å². The SMILES string of the molecule is CCS(=O)(=O)CCCC(N)c1snnc1C. The van der Waals surface area contributed by atoms with Crippen molar-refractivity contribution in [3.8, 4) is 0 Å². The topological polar surface area (TPSA) is 85.9 Å². The van der Waals surface area contributed by atoms with Gasteiger partial charge in [0.25, 0.3) is 0 Å². The van der Waals surface area contributed by atoms with E-state index in [2.05, 4.69) is 9.59 Å². The summed E-state index contributed by atoms with van der Waals surface area (Å²) in [5, 5.41) is 3.88. The number of aryl methyl sites for hydroxylation is 1. The smallest absolute Gasteiger partial charge is 0.150 e. The quantitative estimate of drug-likeness (QED) is 0.829. The zero-order chi connectivity index (χ0) is 12.2. The second kappa shape index (κ2) is 5.70. The Morgan fingerprint density at radius 3 is 2.69 bits per heavy atom. The van der Waals surface area contributed by atoms with E-state index in [0.29, 0.717) is 12.8 Å². The lowest BCUT2D eigenvalue weighted by molar-refractivity contribution is 0.585. The molecule has 0 radical (unpaired) electrons. The first-order valence-electron chi connectivity index (χ1n) is 5.21. The molecule has 1 rings (SSSR count). The van der Waals surface area contributed by atoms with Crippen LogP contribution in [-0.4, -0.2) is 29.5 Å². The number of sulfone groups is 1. The van der Waals surface area contributed by atoms with Gasteiger partial charge in [0.15, 0.2) is 0 Å². The first-order valence-corrected chi connectivity index (χ1v) is 7.80. The molecule has 1 unspecified atom stereocenters. The van der Waals surface area contributed by atoms with Crippen molar-refractivity contribution in [2.45, 2.75) is 32.7 Å². The van der Waals surface area contributed by atoms with Gasteiger partial charge in [0, 0.05) is 11.8 Å². The van der Waals surface area contributed by atoms with Crippen molar-refractivity contribution < 1.29 is 8.42 Å². The standard InChI is InChI=1S/C9H17N3O2S2/c1-3-16(13,14)6-4-5-8(10)9-7(2)11-12-15-9/h8H,3-6,10H2,1-2H3. The third-order valence-electron chi connectivity index (χ3n) is 2.43. The summed E-state index contributed by atoms with van der Waals surface area (Å²) in [4.78, 5) is 0.953. The Balaban J connectivity index is 2.43. The Morgan fingerprint density at radius 1 is 1.50 bits per heavy atom. The molecule has 0 fully saturated rings. The molecule has 1 aromatic heterocycles. The summed E-state index contributed by atoms with van der Waals surface area (Å²) < 4.78 is 26.4. The summed E-state index contributed by atoms with van der Waals surface area (Å²) in [5.41, 5.74) is 6.79. The summed E-state index contributed by atoms with van der Waals surface area (Å²) in [6, 6.07) is -0.146. The average Bonchev–Trinajstić information content (AvgIpc) is 2.64. The average molecular weight is 263 g/mol. The van der Waals surface area contributed by atoms with Crippen LogP contribution in [0.15, 0.2) is 0 Å². The number of hydrogen-bond donors (Lipinski definition) is 1. The van der Waals surface area contributed by atoms with Crippen molar-refractivity contribution in [1.29, 1.82) is 0 Å². The van der Waals surface area contributed by atoms with E-state index in [9.17, 15) is 8.42 Å². The molecule has 0 bridgehead atoms. The zero-order valence-electron chi connectivity index (χ0n) is 9.51. The molecule has 0 aliphatic heterocycles. The molecule has 7 heteroatoms. The monoisotopic (exact) mass is 263 g/mol. The molecule has 1 atom stereocenters. The maximum atomic E-state index is 11.3. The Kier molecular flexibility index (Phi) is 4.82. The van der Waals surface area contributed by atoms with Crippen LogP contribution in [0.3, 0.4) is 0 Å². The molecule has 0 saturated carbocycles. The van der Waals surface area contributed by atoms with Crippen LogP contribution in [-0.2, 0) is 9.84 Å². The van der Waals surface area contributed by atoms with Crippen molar-refractivity contribution in [3.05, 3.63) is 10.6 Å². The highest BCUT2D eigenvalue weighted by Crippen LogP contribution is 2.21. The van der Waals surface area contributed by atoms with Crippen molar-refractivity contribution >= 4 is 21.4 Å². The fraction of sp³-hybridized carbons (Fsp3) is 0.778. The minimum absolute atomic E-state index is 0.146. The summed E-state index contributed by atoms with van der Waals surface area (Å²) in [5.74, 6) is 0.409. The highest BCUT2D eigenvalue weighted by molar-refractivity contribution is 7.91. The summed E-state index contributed by atoms with van der Waals surface area (Å²) in [6.07, 6.45) is 1.25. The number of rotatable bonds is 6. The molecule has 0 aliphatic rings. The first-order chi connectivity index (χ1) is 7.46. The van der Waals surface area contributed by atoms with E-state index >= 15 is 0 Å². The Labute approximate surface area is 100 Å². The maximum absolute atomic E-state index is 11.3. The highest BCUT2D eigenvalue weighted by Gasteiger charge is 2.14. The molecule has 0 saturated heterocycles. The van der Waals surface area contributed by atoms with Gasteiger partial charge in [0.1, 0.15) is 9.84 Å². The summed E-state index contributed by atoms with van der Waals surface area (Å²) in [6.45, 7) is 3.52. The van der Waals surface area contributed by atoms with Gasteiger partial charge in [-0.1, -0.05) is 11.4 Å². The predicted molar refractivity (Wildman–Crippen MR) is 65.1 cm³/mol. The largest absolute Gasteiger partial charge is 0.323 e. The number of hydrogen-bond acceptors (Lipinski definition) is 6. The van der Waals surface area contributed by atoms with E-state index in [1.807, 2.05) is 6.92 Å². The molecule has 2 N–H and O–H groups in total. The molecule has 0 spiro atoms. The van der Waals surface area contributed by atoms with Gasteiger partial charge in [0.2, 0.25) is 0 Å². The van der Waals surface area contributed by atoms with E-state index in [1.54, 1.807) is 6.92 Å². The van der Waals surface area contributed by atoms with Crippen LogP contribution in [0.5, 0.6) is 0 Å². The number of aromatic nitrogens is 2. The van der Waals surface area contributed by atoms with Crippen molar-refractivity contribution in [1.82, 2.24) is 9.59 Å². The van der Waals surface area contributed by atoms with Gasteiger partial charge in [-0.2, -0.15) is 0 Å². The second-order valence-electron chi connectivity index (χ2n) is 3.71. The van der Waals surface area contributed by atoms with Crippen LogP contribution in [0.2, 0.25) is 0 Å². The van der Waals surface area contributed by atoms with Gasteiger partial charge in [-0.3, -0.25) is 0 Å². The van der Waals surface area contributed by atoms with Crippen LogP contribution in [0, 0.1) is 6.92 Å². The van der Waals surface area contributed by atoms with Crippen molar-refractivity contribution in [2.24, 2.45) is 5.73 Å². The maximum Gasteiger partial charge on any atom is 0.150 e. The Morgan fingerprint density at radius 2 is 2.19 bits per heavy atom. The minimum Gasteiger partial charge on any atom is -0.323 e. The highest BCUT2D eigenvalue weighted by atomic mass is 32.2. The van der Waals surface area contributed by atoms with Crippen LogP contribution in [0.4, 0.5) is 0 Å². The molecule has 1 heterocycles. The fourth-order valence-electron chi connectivity index (χ4n) is 1.38. The third-order valence-corrected chi connectivity index (χ3v) is 5.18. The fourth-order valence-corrected chi connectivity index (χ4v) is 2.95. The van der Waals surface area contributed by atoms with E-state index in [4.69, 9.17) is 5.73 Å². The molecule has 0 aromatic carbocycles. The molecule has 16 heavy (non-hydrogen) atoms. The Bertz CT molecular complexity index is 428. The van der Waals surface area contributed by atoms with Gasteiger partial charge in [0.05, 0.1) is 16.3 Å². The van der Waals surface area contributed by atoms with Crippen LogP contribution >= 0.6 is 11.5 Å². The predicted octanol–water partition coefficient (Wildman–Crippen LogP) is 1.06. The minimum atomic E-state index is -2.88. The Hall–Kier alpha value is -0.530. The van der Waals surface area contributed by atoms with E-state index in [-0.39, 0.29) is 17.5 Å². The van der Waals surface area contributed by atoms with Crippen molar-refractivity contribution in [2.75, 3.05) is 11.5 Å². The molecular weight excluding hydrogens is 246 g/mol. The van der Waals surface area contributed by atoms with E-state index < -0.39 is 9.84 Å². The molecule has 5 nitrogen and oxygen atoms in total. The van der Waals surface area contributed by atoms with Gasteiger partial charge < -0.3 is 5.73 Å². The lowest BCUT2D eigenvalue weighted by Gasteiger charge is -2.09. The number of nitrogens with zero attached hydrogens (tertiary/aromatic N) is 2. The van der Waals surface area contributed by atoms with Crippen LogP contribution in [0.1, 0.15) is 36.4 Å². The third kappa shape index (κ3) is 3.80. The second-order valence-corrected chi connectivity index (χ2v) is 6.97. The van der Waals surface area contributed by atoms with Crippen molar-refractivity contribution in [3.63, 3.8) is 0 Å². The normalized spacial score (nSPS) is 13.9. The molecule has 0 amide bonds. The first kappa shape index (κ1) is 13.5. The van der Waals surface area contributed by atoms with E-state index in [1.165, 1.54) is 11.5 Å². The van der Waals surface area contributed by atoms with Crippen LogP contribution in [0.25, 0.3) is 0 Å². The van der Waals surface area contributed by atoms with Gasteiger partial charge in [-0.05, 0) is 31.3 Å². The number of nitrogens with two attached hydrogens (primary N) is 1.